The summed E-state index contributed by atoms with van der Waals surface area (Å²) in [7, 11) is 0. The topological polar surface area (TPSA) is 73.8 Å². The third-order valence-corrected chi connectivity index (χ3v) is 9.30. The van der Waals surface area contributed by atoms with Crippen LogP contribution in [-0.2, 0) is 9.53 Å². The number of rotatable bonds is 8. The number of carbonyl (C=O) groups excluding carboxylic acids is 1. The van der Waals surface area contributed by atoms with Gasteiger partial charge in [0.1, 0.15) is 5.76 Å². The Morgan fingerprint density at radius 2 is 1.69 bits per heavy atom. The Hall–Kier alpha value is -4.05. The fourth-order valence-corrected chi connectivity index (χ4v) is 6.93. The van der Waals surface area contributed by atoms with E-state index in [0.29, 0.717) is 26.4 Å². The smallest absolute Gasteiger partial charge is 0.338 e. The Labute approximate surface area is 255 Å². The summed E-state index contributed by atoms with van der Waals surface area (Å²) in [5, 5.41) is 0.725. The maximum absolute atomic E-state index is 14.0. The lowest BCUT2D eigenvalue weighted by Crippen LogP contribution is -2.40. The first kappa shape index (κ1) is 28.1. The molecular weight excluding hydrogens is 585 g/mol. The first-order valence-electron chi connectivity index (χ1n) is 13.3. The van der Waals surface area contributed by atoms with E-state index in [9.17, 15) is 9.59 Å². The molecule has 6 rings (SSSR count). The average molecular weight is 611 g/mol. The highest BCUT2D eigenvalue weighted by atomic mass is 32.2. The molecule has 1 aliphatic rings. The van der Waals surface area contributed by atoms with E-state index in [1.807, 2.05) is 103 Å². The molecule has 42 heavy (non-hydrogen) atoms. The first-order chi connectivity index (χ1) is 20.6. The number of aromatic nitrogens is 1. The van der Waals surface area contributed by atoms with Crippen molar-refractivity contribution in [2.24, 2.45) is 4.99 Å². The van der Waals surface area contributed by atoms with E-state index in [-0.39, 0.29) is 12.2 Å². The van der Waals surface area contributed by atoms with Crippen molar-refractivity contribution in [2.45, 2.75) is 27.8 Å². The van der Waals surface area contributed by atoms with Crippen molar-refractivity contribution < 1.29 is 13.9 Å². The van der Waals surface area contributed by atoms with E-state index in [0.717, 1.165) is 26.0 Å². The van der Waals surface area contributed by atoms with Gasteiger partial charge in [0.15, 0.2) is 9.89 Å². The van der Waals surface area contributed by atoms with E-state index >= 15 is 0 Å². The molecule has 1 aliphatic heterocycles. The van der Waals surface area contributed by atoms with Crippen LogP contribution in [-0.4, -0.2) is 23.4 Å². The van der Waals surface area contributed by atoms with Crippen LogP contribution in [0.3, 0.4) is 0 Å². The van der Waals surface area contributed by atoms with Gasteiger partial charge in [-0.25, -0.2) is 9.79 Å². The van der Waals surface area contributed by atoms with Crippen LogP contribution in [0.15, 0.2) is 132 Å². The van der Waals surface area contributed by atoms with Crippen molar-refractivity contribution in [2.75, 3.05) is 12.9 Å². The molecule has 2 aromatic heterocycles. The SMILES string of the molecule is CCOC(=O)C1=C(c2ccccc2)N=c2s/c(=C/c3ccc(Sc4ccccc4)o3)c(=O)n2[C@H]1c1ccc(SC)cc1. The van der Waals surface area contributed by atoms with Gasteiger partial charge in [0, 0.05) is 21.4 Å². The summed E-state index contributed by atoms with van der Waals surface area (Å²) in [5.41, 5.74) is 2.16. The second-order valence-corrected chi connectivity index (χ2v) is 12.2. The van der Waals surface area contributed by atoms with Crippen molar-refractivity contribution in [3.05, 3.63) is 139 Å². The van der Waals surface area contributed by atoms with Gasteiger partial charge in [-0.15, -0.1) is 11.8 Å². The highest BCUT2D eigenvalue weighted by Gasteiger charge is 2.35. The van der Waals surface area contributed by atoms with Crippen LogP contribution in [0.25, 0.3) is 11.8 Å². The number of esters is 1. The van der Waals surface area contributed by atoms with Gasteiger partial charge in [0.25, 0.3) is 5.56 Å². The van der Waals surface area contributed by atoms with Crippen LogP contribution in [0.2, 0.25) is 0 Å². The molecule has 0 saturated heterocycles. The Bertz CT molecular complexity index is 1940. The Morgan fingerprint density at radius 3 is 2.38 bits per heavy atom. The Morgan fingerprint density at radius 1 is 0.976 bits per heavy atom. The average Bonchev–Trinajstić information content (AvgIpc) is 3.60. The second kappa shape index (κ2) is 12.4. The van der Waals surface area contributed by atoms with E-state index in [4.69, 9.17) is 14.1 Å². The summed E-state index contributed by atoms with van der Waals surface area (Å²) < 4.78 is 13.7. The summed E-state index contributed by atoms with van der Waals surface area (Å²) in [6, 6.07) is 30.4. The number of hydrogen-bond donors (Lipinski definition) is 0. The zero-order valence-electron chi connectivity index (χ0n) is 22.9. The molecular formula is C33H26N2O4S3. The van der Waals surface area contributed by atoms with Gasteiger partial charge < -0.3 is 9.15 Å². The largest absolute Gasteiger partial charge is 0.463 e. The van der Waals surface area contributed by atoms with Crippen molar-refractivity contribution >= 4 is 52.6 Å². The molecule has 0 amide bonds. The van der Waals surface area contributed by atoms with Gasteiger partial charge in [-0.05, 0) is 55.1 Å². The lowest BCUT2D eigenvalue weighted by Gasteiger charge is -2.26. The number of fused-ring (bicyclic) bond motifs is 1. The Kier molecular flexibility index (Phi) is 8.32. The zero-order valence-corrected chi connectivity index (χ0v) is 25.3. The number of furan rings is 1. The molecule has 0 radical (unpaired) electrons. The molecule has 6 nitrogen and oxygen atoms in total. The second-order valence-electron chi connectivity index (χ2n) is 9.28. The summed E-state index contributed by atoms with van der Waals surface area (Å²) in [6.07, 6.45) is 3.75. The molecule has 0 N–H and O–H groups in total. The molecule has 3 heterocycles. The number of benzene rings is 3. The maximum atomic E-state index is 14.0. The van der Waals surface area contributed by atoms with Crippen LogP contribution in [0, 0.1) is 0 Å². The number of ether oxygens (including phenoxy) is 1. The lowest BCUT2D eigenvalue weighted by molar-refractivity contribution is -0.138. The van der Waals surface area contributed by atoms with E-state index in [2.05, 4.69) is 0 Å². The molecule has 0 unspecified atom stereocenters. The number of nitrogens with zero attached hydrogens (tertiary/aromatic N) is 2. The van der Waals surface area contributed by atoms with Gasteiger partial charge in [0.2, 0.25) is 0 Å². The normalized spacial score (nSPS) is 14.9. The zero-order chi connectivity index (χ0) is 29.1. The van der Waals surface area contributed by atoms with Gasteiger partial charge in [0.05, 0.1) is 28.5 Å². The van der Waals surface area contributed by atoms with E-state index < -0.39 is 12.0 Å². The molecule has 5 aromatic rings. The van der Waals surface area contributed by atoms with E-state index in [1.54, 1.807) is 29.3 Å². The van der Waals surface area contributed by atoms with Crippen molar-refractivity contribution in [1.82, 2.24) is 4.57 Å². The summed E-state index contributed by atoms with van der Waals surface area (Å²) >= 11 is 4.41. The predicted octanol–water partition coefficient (Wildman–Crippen LogP) is 6.40. The van der Waals surface area contributed by atoms with Crippen LogP contribution >= 0.6 is 34.9 Å². The number of carbonyl (C=O) groups is 1. The third kappa shape index (κ3) is 5.68. The van der Waals surface area contributed by atoms with Gasteiger partial charge >= 0.3 is 5.97 Å². The first-order valence-corrected chi connectivity index (χ1v) is 16.2. The standard InChI is InChI=1S/C33H26N2O4S3/c1-3-38-32(37)28-29(21-10-6-4-7-11-21)34-33-35(30(28)22-14-17-24(40-2)18-15-22)31(36)26(42-33)20-23-16-19-27(39-23)41-25-12-8-5-9-13-25/h4-20,30H,3H2,1-2H3/b26-20+/t30-/m0/s1. The third-order valence-electron chi connectivity index (χ3n) is 6.64. The number of hydrogen-bond acceptors (Lipinski definition) is 8. The minimum absolute atomic E-state index is 0.203. The molecule has 1 atom stereocenters. The van der Waals surface area contributed by atoms with Crippen LogP contribution in [0.5, 0.6) is 0 Å². The van der Waals surface area contributed by atoms with Gasteiger partial charge in [-0.3, -0.25) is 9.36 Å². The van der Waals surface area contributed by atoms with Gasteiger partial charge in [-0.1, -0.05) is 83.8 Å². The predicted molar refractivity (Wildman–Crippen MR) is 169 cm³/mol. The minimum atomic E-state index is -0.714. The van der Waals surface area contributed by atoms with Crippen molar-refractivity contribution in [1.29, 1.82) is 0 Å². The molecule has 3 aromatic carbocycles. The summed E-state index contributed by atoms with van der Waals surface area (Å²) in [6.45, 7) is 1.97. The quantitative estimate of drug-likeness (QED) is 0.150. The van der Waals surface area contributed by atoms with E-state index in [1.165, 1.54) is 23.1 Å². The highest BCUT2D eigenvalue weighted by Crippen LogP contribution is 2.36. The van der Waals surface area contributed by atoms with Crippen LogP contribution in [0.1, 0.15) is 29.9 Å². The molecule has 0 fully saturated rings. The lowest BCUT2D eigenvalue weighted by atomic mass is 9.93. The fraction of sp³-hybridized carbons (Fsp3) is 0.121. The Balaban J connectivity index is 1.52. The molecule has 210 valence electrons. The maximum Gasteiger partial charge on any atom is 0.338 e. The molecule has 0 aliphatic carbocycles. The fourth-order valence-electron chi connectivity index (χ4n) is 4.74. The minimum Gasteiger partial charge on any atom is -0.463 e. The monoisotopic (exact) mass is 610 g/mol. The van der Waals surface area contributed by atoms with Gasteiger partial charge in [-0.2, -0.15) is 0 Å². The molecule has 0 spiro atoms. The number of thiazole rings is 1. The number of thioether (sulfide) groups is 1. The summed E-state index contributed by atoms with van der Waals surface area (Å²) in [5.74, 6) is 0.0643. The molecule has 0 bridgehead atoms. The summed E-state index contributed by atoms with van der Waals surface area (Å²) in [4.78, 5) is 35.2. The highest BCUT2D eigenvalue weighted by molar-refractivity contribution is 7.99. The van der Waals surface area contributed by atoms with Crippen molar-refractivity contribution in [3.8, 4) is 0 Å². The van der Waals surface area contributed by atoms with Crippen molar-refractivity contribution in [3.63, 3.8) is 0 Å². The molecule has 0 saturated carbocycles. The van der Waals surface area contributed by atoms with Crippen LogP contribution in [0.4, 0.5) is 0 Å². The molecule has 9 heteroatoms. The van der Waals surface area contributed by atoms with Crippen LogP contribution < -0.4 is 14.9 Å².